The molecule has 0 bridgehead atoms. The zero-order valence-electron chi connectivity index (χ0n) is 16.7. The number of nitrogens with zero attached hydrogens (tertiary/aromatic N) is 1. The molecule has 7 heteroatoms. The van der Waals surface area contributed by atoms with E-state index in [-0.39, 0.29) is 27.1 Å². The van der Waals surface area contributed by atoms with Crippen LogP contribution in [-0.2, 0) is 4.79 Å². The predicted octanol–water partition coefficient (Wildman–Crippen LogP) is 5.26. The number of rotatable bonds is 5. The van der Waals surface area contributed by atoms with E-state index in [9.17, 15) is 14.4 Å². The first-order valence-corrected chi connectivity index (χ1v) is 10.1. The van der Waals surface area contributed by atoms with E-state index in [1.807, 2.05) is 45.9 Å². The molecule has 0 saturated heterocycles. The standard InChI is InChI=1S/C22H22Cl2N2O3/c1-11(2)7-19(20(27)25-18-8-12(3)5-6-13(18)4)26-21(28)14-9-16(23)17(24)10-15(14)22(26)29/h5-6,8-11,19H,7H2,1-4H3,(H,25,27). The minimum atomic E-state index is -0.945. The molecule has 5 nitrogen and oxygen atoms in total. The molecule has 1 aliphatic heterocycles. The van der Waals surface area contributed by atoms with Gasteiger partial charge >= 0.3 is 0 Å². The molecule has 3 rings (SSSR count). The van der Waals surface area contributed by atoms with Crippen molar-refractivity contribution < 1.29 is 14.4 Å². The number of imide groups is 1. The van der Waals surface area contributed by atoms with Crippen LogP contribution in [0.5, 0.6) is 0 Å². The number of halogens is 2. The van der Waals surface area contributed by atoms with Crippen molar-refractivity contribution in [3.8, 4) is 0 Å². The smallest absolute Gasteiger partial charge is 0.262 e. The van der Waals surface area contributed by atoms with Crippen molar-refractivity contribution in [3.63, 3.8) is 0 Å². The maximum Gasteiger partial charge on any atom is 0.262 e. The molecule has 0 saturated carbocycles. The highest BCUT2D eigenvalue weighted by molar-refractivity contribution is 6.43. The number of benzene rings is 2. The zero-order chi connectivity index (χ0) is 21.5. The Labute approximate surface area is 180 Å². The fourth-order valence-corrected chi connectivity index (χ4v) is 3.73. The number of carbonyl (C=O) groups excluding carboxylic acids is 3. The van der Waals surface area contributed by atoms with Crippen LogP contribution in [0.4, 0.5) is 5.69 Å². The Hall–Kier alpha value is -2.37. The number of hydrogen-bond acceptors (Lipinski definition) is 3. The molecule has 0 fully saturated rings. The Kier molecular flexibility index (Phi) is 6.01. The van der Waals surface area contributed by atoms with Gasteiger partial charge in [-0.05, 0) is 55.5 Å². The molecular formula is C22H22Cl2N2O3. The SMILES string of the molecule is Cc1ccc(C)c(NC(=O)C(CC(C)C)N2C(=O)c3cc(Cl)c(Cl)cc3C2=O)c1. The molecule has 152 valence electrons. The summed E-state index contributed by atoms with van der Waals surface area (Å²) >= 11 is 12.1. The van der Waals surface area contributed by atoms with Gasteiger partial charge in [0.05, 0.1) is 21.2 Å². The summed E-state index contributed by atoms with van der Waals surface area (Å²) in [6.07, 6.45) is 0.337. The average Bonchev–Trinajstić information content (AvgIpc) is 2.87. The van der Waals surface area contributed by atoms with Crippen LogP contribution in [0.15, 0.2) is 30.3 Å². The average molecular weight is 433 g/mol. The third-order valence-electron chi connectivity index (χ3n) is 4.92. The van der Waals surface area contributed by atoms with Crippen LogP contribution in [0.1, 0.15) is 52.1 Å². The maximum absolute atomic E-state index is 13.2. The number of carbonyl (C=O) groups is 3. The van der Waals surface area contributed by atoms with Crippen LogP contribution < -0.4 is 5.32 Å². The Morgan fingerprint density at radius 3 is 2.07 bits per heavy atom. The normalized spacial score (nSPS) is 14.4. The van der Waals surface area contributed by atoms with Crippen LogP contribution in [0.25, 0.3) is 0 Å². The van der Waals surface area contributed by atoms with Gasteiger partial charge in [-0.1, -0.05) is 49.2 Å². The monoisotopic (exact) mass is 432 g/mol. The van der Waals surface area contributed by atoms with Crippen molar-refractivity contribution >= 4 is 46.6 Å². The summed E-state index contributed by atoms with van der Waals surface area (Å²) in [5, 5.41) is 3.26. The molecule has 2 aromatic carbocycles. The molecule has 1 unspecified atom stereocenters. The maximum atomic E-state index is 13.2. The summed E-state index contributed by atoms with van der Waals surface area (Å²) < 4.78 is 0. The second-order valence-electron chi connectivity index (χ2n) is 7.75. The van der Waals surface area contributed by atoms with E-state index in [1.165, 1.54) is 12.1 Å². The highest BCUT2D eigenvalue weighted by Crippen LogP contribution is 2.33. The van der Waals surface area contributed by atoms with E-state index < -0.39 is 23.8 Å². The summed E-state index contributed by atoms with van der Waals surface area (Å²) in [4.78, 5) is 40.2. The van der Waals surface area contributed by atoms with Gasteiger partial charge in [-0.3, -0.25) is 19.3 Å². The number of hydrogen-bond donors (Lipinski definition) is 1. The summed E-state index contributed by atoms with van der Waals surface area (Å²) in [5.74, 6) is -1.39. The highest BCUT2D eigenvalue weighted by Gasteiger charge is 2.43. The van der Waals surface area contributed by atoms with Gasteiger partial charge in [0.25, 0.3) is 11.8 Å². The Bertz CT molecular complexity index is 976. The zero-order valence-corrected chi connectivity index (χ0v) is 18.2. The van der Waals surface area contributed by atoms with Gasteiger partial charge in [0.2, 0.25) is 5.91 Å². The molecule has 1 N–H and O–H groups in total. The first kappa shape index (κ1) is 21.3. The van der Waals surface area contributed by atoms with Gasteiger partial charge in [0, 0.05) is 5.69 Å². The fourth-order valence-electron chi connectivity index (χ4n) is 3.40. The molecule has 1 aliphatic rings. The van der Waals surface area contributed by atoms with Crippen LogP contribution in [0, 0.1) is 19.8 Å². The van der Waals surface area contributed by atoms with Crippen molar-refractivity contribution in [2.75, 3.05) is 5.32 Å². The van der Waals surface area contributed by atoms with Crippen LogP contribution in [0.2, 0.25) is 10.0 Å². The summed E-state index contributed by atoms with van der Waals surface area (Å²) in [6.45, 7) is 7.69. The summed E-state index contributed by atoms with van der Waals surface area (Å²) in [5.41, 5.74) is 2.88. The molecule has 29 heavy (non-hydrogen) atoms. The molecule has 0 spiro atoms. The number of aryl methyl sites for hydroxylation is 2. The van der Waals surface area contributed by atoms with Crippen molar-refractivity contribution in [3.05, 3.63) is 62.6 Å². The number of amides is 3. The topological polar surface area (TPSA) is 66.5 Å². The van der Waals surface area contributed by atoms with Gasteiger partial charge in [0.1, 0.15) is 6.04 Å². The van der Waals surface area contributed by atoms with Crippen LogP contribution in [0.3, 0.4) is 0 Å². The first-order valence-electron chi connectivity index (χ1n) is 9.35. The molecular weight excluding hydrogens is 411 g/mol. The lowest BCUT2D eigenvalue weighted by atomic mass is 10.0. The van der Waals surface area contributed by atoms with E-state index in [0.717, 1.165) is 16.0 Å². The number of anilines is 1. The van der Waals surface area contributed by atoms with Crippen molar-refractivity contribution in [1.29, 1.82) is 0 Å². The highest BCUT2D eigenvalue weighted by atomic mass is 35.5. The molecule has 3 amide bonds. The Morgan fingerprint density at radius 2 is 1.55 bits per heavy atom. The van der Waals surface area contributed by atoms with Crippen LogP contribution >= 0.6 is 23.2 Å². The third-order valence-corrected chi connectivity index (χ3v) is 5.64. The van der Waals surface area contributed by atoms with Gasteiger partial charge in [0.15, 0.2) is 0 Å². The minimum Gasteiger partial charge on any atom is -0.324 e. The summed E-state index contributed by atoms with van der Waals surface area (Å²) in [6, 6.07) is 7.55. The molecule has 0 radical (unpaired) electrons. The Morgan fingerprint density at radius 1 is 1.00 bits per heavy atom. The fraction of sp³-hybridized carbons (Fsp3) is 0.318. The van der Waals surface area contributed by atoms with E-state index in [0.29, 0.717) is 12.1 Å². The number of fused-ring (bicyclic) bond motifs is 1. The second-order valence-corrected chi connectivity index (χ2v) is 8.56. The minimum absolute atomic E-state index is 0.0841. The van der Waals surface area contributed by atoms with Crippen molar-refractivity contribution in [1.82, 2.24) is 4.90 Å². The number of nitrogens with one attached hydrogen (secondary N) is 1. The van der Waals surface area contributed by atoms with E-state index in [2.05, 4.69) is 5.32 Å². The van der Waals surface area contributed by atoms with E-state index in [4.69, 9.17) is 23.2 Å². The molecule has 2 aromatic rings. The van der Waals surface area contributed by atoms with Gasteiger partial charge < -0.3 is 5.32 Å². The van der Waals surface area contributed by atoms with Gasteiger partial charge in [-0.15, -0.1) is 0 Å². The lowest BCUT2D eigenvalue weighted by Gasteiger charge is -2.27. The Balaban J connectivity index is 1.97. The lowest BCUT2D eigenvalue weighted by Crippen LogP contribution is -2.48. The van der Waals surface area contributed by atoms with Crippen LogP contribution in [-0.4, -0.2) is 28.7 Å². The van der Waals surface area contributed by atoms with E-state index in [1.54, 1.807) is 0 Å². The lowest BCUT2D eigenvalue weighted by molar-refractivity contribution is -0.120. The molecule has 0 aliphatic carbocycles. The first-order chi connectivity index (χ1) is 13.6. The third kappa shape index (κ3) is 4.16. The van der Waals surface area contributed by atoms with Gasteiger partial charge in [-0.2, -0.15) is 0 Å². The largest absolute Gasteiger partial charge is 0.324 e. The van der Waals surface area contributed by atoms with Gasteiger partial charge in [-0.25, -0.2) is 0 Å². The quantitative estimate of drug-likeness (QED) is 0.655. The van der Waals surface area contributed by atoms with Crippen molar-refractivity contribution in [2.24, 2.45) is 5.92 Å². The van der Waals surface area contributed by atoms with E-state index >= 15 is 0 Å². The second kappa shape index (κ2) is 8.17. The summed E-state index contributed by atoms with van der Waals surface area (Å²) in [7, 11) is 0. The molecule has 1 atom stereocenters. The molecule has 1 heterocycles. The predicted molar refractivity (Wildman–Crippen MR) is 115 cm³/mol. The molecule has 0 aromatic heterocycles. The van der Waals surface area contributed by atoms with Crippen molar-refractivity contribution in [2.45, 2.75) is 40.2 Å².